The SMILES string of the molecule is CCCNCC1CCCN(Cc2csc(CC)n2)C1. The van der Waals surface area contributed by atoms with Crippen LogP contribution in [0.25, 0.3) is 0 Å². The normalized spacial score (nSPS) is 20.8. The lowest BCUT2D eigenvalue weighted by Gasteiger charge is -2.32. The molecule has 1 atom stereocenters. The fourth-order valence-corrected chi connectivity index (χ4v) is 3.49. The summed E-state index contributed by atoms with van der Waals surface area (Å²) in [5.74, 6) is 0.824. The molecule has 0 bridgehead atoms. The predicted octanol–water partition coefficient (Wildman–Crippen LogP) is 2.92. The van der Waals surface area contributed by atoms with Crippen molar-refractivity contribution in [1.82, 2.24) is 15.2 Å². The summed E-state index contributed by atoms with van der Waals surface area (Å²) in [6, 6.07) is 0. The average Bonchev–Trinajstić information content (AvgIpc) is 2.87. The van der Waals surface area contributed by atoms with Gasteiger partial charge in [0.1, 0.15) is 0 Å². The smallest absolute Gasteiger partial charge is 0.0926 e. The highest BCUT2D eigenvalue weighted by atomic mass is 32.1. The number of likely N-dealkylation sites (tertiary alicyclic amines) is 1. The Morgan fingerprint density at radius 1 is 1.47 bits per heavy atom. The van der Waals surface area contributed by atoms with Crippen molar-refractivity contribution in [2.75, 3.05) is 26.2 Å². The third-order valence-corrected chi connectivity index (χ3v) is 4.79. The van der Waals surface area contributed by atoms with Crippen molar-refractivity contribution < 1.29 is 0 Å². The van der Waals surface area contributed by atoms with Gasteiger partial charge in [-0.15, -0.1) is 11.3 Å². The van der Waals surface area contributed by atoms with Crippen molar-refractivity contribution >= 4 is 11.3 Å². The summed E-state index contributed by atoms with van der Waals surface area (Å²) in [4.78, 5) is 7.26. The van der Waals surface area contributed by atoms with Crippen molar-refractivity contribution in [3.05, 3.63) is 16.1 Å². The Labute approximate surface area is 121 Å². The average molecular weight is 281 g/mol. The van der Waals surface area contributed by atoms with Gasteiger partial charge in [0.05, 0.1) is 10.7 Å². The molecular weight excluding hydrogens is 254 g/mol. The van der Waals surface area contributed by atoms with Crippen LogP contribution in [0.5, 0.6) is 0 Å². The second kappa shape index (κ2) is 7.98. The Bertz CT molecular complexity index is 364. The van der Waals surface area contributed by atoms with Crippen LogP contribution in [0.15, 0.2) is 5.38 Å². The van der Waals surface area contributed by atoms with E-state index in [9.17, 15) is 0 Å². The Morgan fingerprint density at radius 2 is 2.37 bits per heavy atom. The van der Waals surface area contributed by atoms with E-state index in [1.165, 1.54) is 49.6 Å². The lowest BCUT2D eigenvalue weighted by molar-refractivity contribution is 0.164. The van der Waals surface area contributed by atoms with Gasteiger partial charge in [0.2, 0.25) is 0 Å². The molecule has 0 amide bonds. The second-order valence-electron chi connectivity index (χ2n) is 5.53. The van der Waals surface area contributed by atoms with Crippen molar-refractivity contribution in [2.45, 2.75) is 46.1 Å². The van der Waals surface area contributed by atoms with Crippen LogP contribution in [0.3, 0.4) is 0 Å². The van der Waals surface area contributed by atoms with Gasteiger partial charge >= 0.3 is 0 Å². The van der Waals surface area contributed by atoms with Crippen LogP contribution in [0, 0.1) is 5.92 Å². The van der Waals surface area contributed by atoms with Crippen LogP contribution in [0.1, 0.15) is 43.8 Å². The van der Waals surface area contributed by atoms with Crippen LogP contribution in [0.4, 0.5) is 0 Å². The number of thiazole rings is 1. The summed E-state index contributed by atoms with van der Waals surface area (Å²) in [6.07, 6.45) is 5.01. The molecule has 108 valence electrons. The highest BCUT2D eigenvalue weighted by Gasteiger charge is 2.20. The third kappa shape index (κ3) is 4.86. The highest BCUT2D eigenvalue weighted by molar-refractivity contribution is 7.09. The number of nitrogens with one attached hydrogen (secondary N) is 1. The summed E-state index contributed by atoms with van der Waals surface area (Å²) in [7, 11) is 0. The molecule has 1 saturated heterocycles. The lowest BCUT2D eigenvalue weighted by atomic mass is 9.98. The zero-order chi connectivity index (χ0) is 13.5. The molecule has 2 rings (SSSR count). The van der Waals surface area contributed by atoms with E-state index in [0.29, 0.717) is 0 Å². The van der Waals surface area contributed by atoms with Crippen molar-refractivity contribution in [1.29, 1.82) is 0 Å². The molecule has 0 saturated carbocycles. The van der Waals surface area contributed by atoms with Crippen LogP contribution in [0.2, 0.25) is 0 Å². The Balaban J connectivity index is 1.77. The molecule has 19 heavy (non-hydrogen) atoms. The maximum atomic E-state index is 4.68. The molecule has 1 aliphatic rings. The van der Waals surface area contributed by atoms with Gasteiger partial charge in [-0.05, 0) is 51.2 Å². The number of rotatable bonds is 7. The number of hydrogen-bond donors (Lipinski definition) is 1. The Hall–Kier alpha value is -0.450. The monoisotopic (exact) mass is 281 g/mol. The molecule has 1 aromatic heterocycles. The van der Waals surface area contributed by atoms with E-state index >= 15 is 0 Å². The van der Waals surface area contributed by atoms with Gasteiger partial charge in [-0.3, -0.25) is 4.90 Å². The van der Waals surface area contributed by atoms with E-state index in [1.807, 2.05) is 0 Å². The summed E-state index contributed by atoms with van der Waals surface area (Å²) in [5, 5.41) is 7.07. The summed E-state index contributed by atoms with van der Waals surface area (Å²) < 4.78 is 0. The van der Waals surface area contributed by atoms with E-state index in [4.69, 9.17) is 0 Å². The lowest BCUT2D eigenvalue weighted by Crippen LogP contribution is -2.39. The minimum Gasteiger partial charge on any atom is -0.316 e. The number of hydrogen-bond acceptors (Lipinski definition) is 4. The Morgan fingerprint density at radius 3 is 3.11 bits per heavy atom. The molecule has 0 radical (unpaired) electrons. The highest BCUT2D eigenvalue weighted by Crippen LogP contribution is 2.19. The molecule has 0 aliphatic carbocycles. The molecule has 1 N–H and O–H groups in total. The molecule has 2 heterocycles. The minimum absolute atomic E-state index is 0.824. The minimum atomic E-state index is 0.824. The first-order valence-electron chi connectivity index (χ1n) is 7.68. The summed E-state index contributed by atoms with van der Waals surface area (Å²) in [5.41, 5.74) is 1.27. The molecule has 1 aliphatic heterocycles. The second-order valence-corrected chi connectivity index (χ2v) is 6.48. The van der Waals surface area contributed by atoms with E-state index in [1.54, 1.807) is 11.3 Å². The molecule has 0 spiro atoms. The molecule has 4 heteroatoms. The topological polar surface area (TPSA) is 28.2 Å². The first-order chi connectivity index (χ1) is 9.31. The van der Waals surface area contributed by atoms with Gasteiger partial charge in [-0.25, -0.2) is 4.98 Å². The number of nitrogens with zero attached hydrogens (tertiary/aromatic N) is 2. The standard InChI is InChI=1S/C15H27N3S/c1-3-7-16-9-13-6-5-8-18(10-13)11-14-12-19-15(4-2)17-14/h12-13,16H,3-11H2,1-2H3. The summed E-state index contributed by atoms with van der Waals surface area (Å²) >= 11 is 1.81. The zero-order valence-corrected chi connectivity index (χ0v) is 13.1. The van der Waals surface area contributed by atoms with E-state index in [2.05, 4.69) is 34.4 Å². The largest absolute Gasteiger partial charge is 0.316 e. The number of aromatic nitrogens is 1. The van der Waals surface area contributed by atoms with Crippen LogP contribution in [-0.4, -0.2) is 36.1 Å². The maximum Gasteiger partial charge on any atom is 0.0926 e. The van der Waals surface area contributed by atoms with E-state index < -0.39 is 0 Å². The van der Waals surface area contributed by atoms with Crippen LogP contribution >= 0.6 is 11.3 Å². The van der Waals surface area contributed by atoms with Crippen LogP contribution in [-0.2, 0) is 13.0 Å². The third-order valence-electron chi connectivity index (χ3n) is 3.75. The van der Waals surface area contributed by atoms with E-state index in [-0.39, 0.29) is 0 Å². The van der Waals surface area contributed by atoms with Gasteiger partial charge in [-0.1, -0.05) is 13.8 Å². The van der Waals surface area contributed by atoms with Crippen LogP contribution < -0.4 is 5.32 Å². The number of aryl methyl sites for hydroxylation is 1. The van der Waals surface area contributed by atoms with Gasteiger partial charge in [-0.2, -0.15) is 0 Å². The molecule has 1 aromatic rings. The fraction of sp³-hybridized carbons (Fsp3) is 0.800. The van der Waals surface area contributed by atoms with Crippen molar-refractivity contribution in [3.63, 3.8) is 0 Å². The first-order valence-corrected chi connectivity index (χ1v) is 8.56. The predicted molar refractivity (Wildman–Crippen MR) is 82.7 cm³/mol. The van der Waals surface area contributed by atoms with Crippen molar-refractivity contribution in [3.8, 4) is 0 Å². The molecule has 1 fully saturated rings. The Kier molecular flexibility index (Phi) is 6.28. The summed E-state index contributed by atoms with van der Waals surface area (Å²) in [6.45, 7) is 10.3. The van der Waals surface area contributed by atoms with Gasteiger partial charge in [0.15, 0.2) is 0 Å². The van der Waals surface area contributed by atoms with E-state index in [0.717, 1.165) is 25.4 Å². The molecule has 1 unspecified atom stereocenters. The zero-order valence-electron chi connectivity index (χ0n) is 12.3. The van der Waals surface area contributed by atoms with Crippen molar-refractivity contribution in [2.24, 2.45) is 5.92 Å². The van der Waals surface area contributed by atoms with Gasteiger partial charge in [0.25, 0.3) is 0 Å². The fourth-order valence-electron chi connectivity index (χ4n) is 2.76. The number of piperidine rings is 1. The maximum absolute atomic E-state index is 4.68. The molecular formula is C15H27N3S. The molecule has 0 aromatic carbocycles. The first kappa shape index (κ1) is 14.9. The quantitative estimate of drug-likeness (QED) is 0.779. The van der Waals surface area contributed by atoms with Gasteiger partial charge < -0.3 is 5.32 Å². The molecule has 3 nitrogen and oxygen atoms in total. The van der Waals surface area contributed by atoms with Gasteiger partial charge in [0, 0.05) is 18.5 Å².